The van der Waals surface area contributed by atoms with Crippen LogP contribution in [0.1, 0.15) is 19.3 Å². The lowest BCUT2D eigenvalue weighted by atomic mass is 9.83. The third-order valence-corrected chi connectivity index (χ3v) is 3.58. The Balaban J connectivity index is 1.89. The van der Waals surface area contributed by atoms with Gasteiger partial charge in [-0.25, -0.2) is 0 Å². The van der Waals surface area contributed by atoms with Crippen molar-refractivity contribution in [1.82, 2.24) is 5.32 Å². The van der Waals surface area contributed by atoms with Crippen molar-refractivity contribution in [1.29, 1.82) is 0 Å². The molecule has 0 saturated carbocycles. The van der Waals surface area contributed by atoms with Gasteiger partial charge in [0.1, 0.15) is 0 Å². The molecular weight excluding hydrogens is 178 g/mol. The quantitative estimate of drug-likeness (QED) is 0.736. The Morgan fingerprint density at radius 1 is 1.00 bits per heavy atom. The first-order valence-electron chi connectivity index (χ1n) is 5.74. The van der Waals surface area contributed by atoms with E-state index in [-0.39, 0.29) is 0 Å². The lowest BCUT2D eigenvalue weighted by Crippen LogP contribution is -2.42. The topological polar surface area (TPSA) is 30.5 Å². The van der Waals surface area contributed by atoms with Crippen LogP contribution in [0.4, 0.5) is 0 Å². The SMILES string of the molecule is CNC(C1CCOCC1)C1CCOC1. The standard InChI is InChI=1S/C11H21NO2/c1-12-11(10-4-7-14-8-10)9-2-5-13-6-3-9/h9-12H,2-8H2,1H3. The van der Waals surface area contributed by atoms with Crippen molar-refractivity contribution >= 4 is 0 Å². The van der Waals surface area contributed by atoms with Crippen LogP contribution in [0, 0.1) is 11.8 Å². The van der Waals surface area contributed by atoms with Crippen LogP contribution in [-0.2, 0) is 9.47 Å². The van der Waals surface area contributed by atoms with Gasteiger partial charge in [-0.1, -0.05) is 0 Å². The largest absolute Gasteiger partial charge is 0.381 e. The van der Waals surface area contributed by atoms with E-state index >= 15 is 0 Å². The first-order valence-corrected chi connectivity index (χ1v) is 5.74. The van der Waals surface area contributed by atoms with Crippen molar-refractivity contribution in [2.24, 2.45) is 11.8 Å². The van der Waals surface area contributed by atoms with Gasteiger partial charge in [-0.3, -0.25) is 0 Å². The molecule has 2 atom stereocenters. The van der Waals surface area contributed by atoms with Crippen LogP contribution in [0.15, 0.2) is 0 Å². The van der Waals surface area contributed by atoms with Crippen molar-refractivity contribution in [2.45, 2.75) is 25.3 Å². The summed E-state index contributed by atoms with van der Waals surface area (Å²) in [6.07, 6.45) is 3.65. The predicted molar refractivity (Wildman–Crippen MR) is 55.3 cm³/mol. The molecule has 2 fully saturated rings. The van der Waals surface area contributed by atoms with E-state index in [1.807, 2.05) is 0 Å². The normalized spacial score (nSPS) is 31.9. The maximum Gasteiger partial charge on any atom is 0.0510 e. The summed E-state index contributed by atoms with van der Waals surface area (Å²) in [6.45, 7) is 3.78. The van der Waals surface area contributed by atoms with Crippen molar-refractivity contribution in [3.8, 4) is 0 Å². The van der Waals surface area contributed by atoms with Crippen LogP contribution in [0.25, 0.3) is 0 Å². The molecule has 2 aliphatic rings. The van der Waals surface area contributed by atoms with Gasteiger partial charge in [0.05, 0.1) is 6.61 Å². The third-order valence-electron chi connectivity index (χ3n) is 3.58. The van der Waals surface area contributed by atoms with E-state index in [1.54, 1.807) is 0 Å². The second-order valence-corrected chi connectivity index (χ2v) is 4.39. The van der Waals surface area contributed by atoms with Gasteiger partial charge >= 0.3 is 0 Å². The van der Waals surface area contributed by atoms with Crippen LogP contribution in [0.2, 0.25) is 0 Å². The van der Waals surface area contributed by atoms with Crippen LogP contribution >= 0.6 is 0 Å². The van der Waals surface area contributed by atoms with E-state index in [1.165, 1.54) is 19.3 Å². The molecule has 0 amide bonds. The molecule has 0 aromatic heterocycles. The maximum atomic E-state index is 5.46. The first kappa shape index (κ1) is 10.4. The maximum absolute atomic E-state index is 5.46. The van der Waals surface area contributed by atoms with E-state index in [4.69, 9.17) is 9.47 Å². The first-order chi connectivity index (χ1) is 6.92. The summed E-state index contributed by atoms with van der Waals surface area (Å²) in [6, 6.07) is 0.640. The summed E-state index contributed by atoms with van der Waals surface area (Å²) in [7, 11) is 2.08. The predicted octanol–water partition coefficient (Wildman–Crippen LogP) is 1.04. The molecule has 2 saturated heterocycles. The Labute approximate surface area is 86.2 Å². The van der Waals surface area contributed by atoms with E-state index in [0.717, 1.165) is 38.3 Å². The summed E-state index contributed by atoms with van der Waals surface area (Å²) >= 11 is 0. The summed E-state index contributed by atoms with van der Waals surface area (Å²) in [5.41, 5.74) is 0. The van der Waals surface area contributed by atoms with Gasteiger partial charge < -0.3 is 14.8 Å². The Morgan fingerprint density at radius 2 is 1.64 bits per heavy atom. The average molecular weight is 199 g/mol. The molecule has 14 heavy (non-hydrogen) atoms. The molecule has 0 radical (unpaired) electrons. The van der Waals surface area contributed by atoms with Crippen molar-refractivity contribution in [3.63, 3.8) is 0 Å². The fourth-order valence-electron chi connectivity index (χ4n) is 2.77. The Hall–Kier alpha value is -0.120. The summed E-state index contributed by atoms with van der Waals surface area (Å²) < 4.78 is 10.9. The van der Waals surface area contributed by atoms with E-state index < -0.39 is 0 Å². The molecule has 0 aromatic carbocycles. The molecule has 0 aromatic rings. The third kappa shape index (κ3) is 2.27. The van der Waals surface area contributed by atoms with Crippen molar-refractivity contribution in [3.05, 3.63) is 0 Å². The highest BCUT2D eigenvalue weighted by molar-refractivity contribution is 4.85. The highest BCUT2D eigenvalue weighted by Crippen LogP contribution is 2.27. The molecule has 2 heterocycles. The van der Waals surface area contributed by atoms with Crippen molar-refractivity contribution in [2.75, 3.05) is 33.5 Å². The van der Waals surface area contributed by atoms with Crippen LogP contribution in [-0.4, -0.2) is 39.5 Å². The van der Waals surface area contributed by atoms with Gasteiger partial charge in [-0.15, -0.1) is 0 Å². The Bertz CT molecular complexity index is 163. The minimum absolute atomic E-state index is 0.640. The minimum atomic E-state index is 0.640. The zero-order chi connectivity index (χ0) is 9.80. The molecule has 0 aliphatic carbocycles. The molecule has 1 N–H and O–H groups in total. The van der Waals surface area contributed by atoms with E-state index in [9.17, 15) is 0 Å². The fraction of sp³-hybridized carbons (Fsp3) is 1.00. The van der Waals surface area contributed by atoms with Gasteiger partial charge in [0, 0.05) is 31.8 Å². The van der Waals surface area contributed by atoms with Gasteiger partial charge in [-0.05, 0) is 32.2 Å². The fourth-order valence-corrected chi connectivity index (χ4v) is 2.77. The number of rotatable bonds is 3. The second kappa shape index (κ2) is 5.10. The van der Waals surface area contributed by atoms with Crippen LogP contribution in [0.3, 0.4) is 0 Å². The number of nitrogens with one attached hydrogen (secondary N) is 1. The molecule has 2 aliphatic heterocycles. The minimum Gasteiger partial charge on any atom is -0.381 e. The monoisotopic (exact) mass is 199 g/mol. The Kier molecular flexibility index (Phi) is 3.79. The van der Waals surface area contributed by atoms with Crippen molar-refractivity contribution < 1.29 is 9.47 Å². The lowest BCUT2D eigenvalue weighted by Gasteiger charge is -2.33. The van der Waals surface area contributed by atoms with Gasteiger partial charge in [0.2, 0.25) is 0 Å². The molecule has 0 bridgehead atoms. The molecule has 3 nitrogen and oxygen atoms in total. The molecule has 0 spiro atoms. The molecule has 2 unspecified atom stereocenters. The summed E-state index contributed by atoms with van der Waals surface area (Å²) in [5, 5.41) is 3.48. The summed E-state index contributed by atoms with van der Waals surface area (Å²) in [4.78, 5) is 0. The summed E-state index contributed by atoms with van der Waals surface area (Å²) in [5.74, 6) is 1.52. The van der Waals surface area contributed by atoms with E-state index in [0.29, 0.717) is 6.04 Å². The zero-order valence-corrected chi connectivity index (χ0v) is 9.00. The average Bonchev–Trinajstić information content (AvgIpc) is 2.74. The van der Waals surface area contributed by atoms with Crippen LogP contribution < -0.4 is 5.32 Å². The highest BCUT2D eigenvalue weighted by atomic mass is 16.5. The smallest absolute Gasteiger partial charge is 0.0510 e. The lowest BCUT2D eigenvalue weighted by molar-refractivity contribution is 0.0442. The van der Waals surface area contributed by atoms with E-state index in [2.05, 4.69) is 12.4 Å². The van der Waals surface area contributed by atoms with Crippen LogP contribution in [0.5, 0.6) is 0 Å². The Morgan fingerprint density at radius 3 is 2.21 bits per heavy atom. The molecular formula is C11H21NO2. The van der Waals surface area contributed by atoms with Gasteiger partial charge in [0.25, 0.3) is 0 Å². The molecule has 82 valence electrons. The zero-order valence-electron chi connectivity index (χ0n) is 9.00. The number of hydrogen-bond donors (Lipinski definition) is 1. The number of ether oxygens (including phenoxy) is 2. The van der Waals surface area contributed by atoms with Gasteiger partial charge in [0.15, 0.2) is 0 Å². The second-order valence-electron chi connectivity index (χ2n) is 4.39. The number of hydrogen-bond acceptors (Lipinski definition) is 3. The van der Waals surface area contributed by atoms with Gasteiger partial charge in [-0.2, -0.15) is 0 Å². The molecule has 3 heteroatoms. The highest BCUT2D eigenvalue weighted by Gasteiger charge is 2.31. The molecule has 2 rings (SSSR count).